The Kier molecular flexibility index (Phi) is 9.69. The molecule has 0 unspecified atom stereocenters. The molecule has 2 N–H and O–H groups in total. The van der Waals surface area contributed by atoms with Crippen molar-refractivity contribution in [2.45, 2.75) is 26.3 Å². The first-order chi connectivity index (χ1) is 18.9. The van der Waals surface area contributed by atoms with Crippen molar-refractivity contribution in [3.63, 3.8) is 0 Å². The van der Waals surface area contributed by atoms with Gasteiger partial charge in [0, 0.05) is 56.1 Å². The molecule has 0 aliphatic rings. The number of methoxy groups -OCH3 is 1. The van der Waals surface area contributed by atoms with Crippen molar-refractivity contribution in [2.24, 2.45) is 0 Å². The fourth-order valence-corrected chi connectivity index (χ4v) is 4.54. The van der Waals surface area contributed by atoms with Crippen molar-refractivity contribution >= 4 is 28.5 Å². The number of hydrogen-bond acceptors (Lipinski definition) is 3. The number of nitrogens with zero attached hydrogens (tertiary/aromatic N) is 2. The molecule has 0 saturated heterocycles. The third kappa shape index (κ3) is 7.91. The van der Waals surface area contributed by atoms with E-state index in [0.29, 0.717) is 44.8 Å². The molecule has 7 nitrogen and oxygen atoms in total. The lowest BCUT2D eigenvalue weighted by Crippen LogP contribution is -2.45. The summed E-state index contributed by atoms with van der Waals surface area (Å²) in [6, 6.07) is 21.4. The summed E-state index contributed by atoms with van der Waals surface area (Å²) in [5, 5.41) is 4.03. The Hall–Kier alpha value is -4.17. The average Bonchev–Trinajstić information content (AvgIpc) is 3.34. The lowest BCUT2D eigenvalue weighted by molar-refractivity contribution is -0.132. The van der Waals surface area contributed by atoms with Crippen molar-refractivity contribution in [2.75, 3.05) is 38.7 Å². The molecule has 0 aliphatic carbocycles. The molecule has 39 heavy (non-hydrogen) atoms. The van der Waals surface area contributed by atoms with Crippen LogP contribution in [0.1, 0.15) is 23.1 Å². The highest BCUT2D eigenvalue weighted by Crippen LogP contribution is 2.19. The largest absolute Gasteiger partial charge is 0.385 e. The fourth-order valence-electron chi connectivity index (χ4n) is 4.54. The summed E-state index contributed by atoms with van der Waals surface area (Å²) in [5.74, 6) is -0.511. The second kappa shape index (κ2) is 13.6. The standard InChI is InChI=1S/C31H35FN4O3/c1-23-7-5-8-27(19-23)34-31(38)36(16-6-18-39-2)22-30(37)35(21-24-11-13-26(32)14-12-24)17-15-25-20-33-29-10-4-3-9-28(25)29/h3-5,7-14,19-20,33H,6,15-18,21-22H2,1-2H3,(H,34,38). The number of urea groups is 1. The molecule has 1 aromatic heterocycles. The van der Waals surface area contributed by atoms with Crippen LogP contribution in [0, 0.1) is 12.7 Å². The van der Waals surface area contributed by atoms with Crippen LogP contribution >= 0.6 is 0 Å². The first-order valence-electron chi connectivity index (χ1n) is 13.1. The van der Waals surface area contributed by atoms with E-state index in [1.807, 2.05) is 55.6 Å². The SMILES string of the molecule is COCCCN(CC(=O)N(CCc1c[nH]c2ccccc12)Cc1ccc(F)cc1)C(=O)Nc1cccc(C)c1. The van der Waals surface area contributed by atoms with Crippen LogP contribution in [0.5, 0.6) is 0 Å². The third-order valence-electron chi connectivity index (χ3n) is 6.62. The molecule has 0 bridgehead atoms. The molecule has 3 amide bonds. The number of aromatic amines is 1. The number of fused-ring (bicyclic) bond motifs is 1. The van der Waals surface area contributed by atoms with Crippen LogP contribution in [-0.4, -0.2) is 60.1 Å². The van der Waals surface area contributed by atoms with E-state index in [9.17, 15) is 14.0 Å². The van der Waals surface area contributed by atoms with Gasteiger partial charge < -0.3 is 24.8 Å². The van der Waals surface area contributed by atoms with Gasteiger partial charge in [0.25, 0.3) is 0 Å². The highest BCUT2D eigenvalue weighted by atomic mass is 19.1. The Bertz CT molecular complexity index is 1390. The van der Waals surface area contributed by atoms with Crippen molar-refractivity contribution in [3.8, 4) is 0 Å². The maximum atomic E-state index is 13.7. The van der Waals surface area contributed by atoms with E-state index < -0.39 is 0 Å². The molecule has 4 rings (SSSR count). The third-order valence-corrected chi connectivity index (χ3v) is 6.62. The summed E-state index contributed by atoms with van der Waals surface area (Å²) in [6.07, 6.45) is 3.20. The van der Waals surface area contributed by atoms with Crippen molar-refractivity contribution in [1.29, 1.82) is 0 Å². The lowest BCUT2D eigenvalue weighted by atomic mass is 10.1. The van der Waals surface area contributed by atoms with Gasteiger partial charge in [0.15, 0.2) is 0 Å². The van der Waals surface area contributed by atoms with Gasteiger partial charge in [-0.05, 0) is 66.8 Å². The van der Waals surface area contributed by atoms with Gasteiger partial charge in [0.05, 0.1) is 0 Å². The summed E-state index contributed by atoms with van der Waals surface area (Å²) >= 11 is 0. The van der Waals surface area contributed by atoms with Crippen molar-refractivity contribution in [3.05, 3.63) is 102 Å². The minimum Gasteiger partial charge on any atom is -0.385 e. The number of para-hydroxylation sites is 1. The summed E-state index contributed by atoms with van der Waals surface area (Å²) in [6.45, 7) is 3.47. The molecule has 0 aliphatic heterocycles. The molecule has 204 valence electrons. The lowest BCUT2D eigenvalue weighted by Gasteiger charge is -2.28. The van der Waals surface area contributed by atoms with Crippen LogP contribution in [0.2, 0.25) is 0 Å². The van der Waals surface area contributed by atoms with E-state index in [1.54, 1.807) is 24.1 Å². The highest BCUT2D eigenvalue weighted by molar-refractivity contribution is 5.92. The maximum Gasteiger partial charge on any atom is 0.322 e. The highest BCUT2D eigenvalue weighted by Gasteiger charge is 2.22. The second-order valence-electron chi connectivity index (χ2n) is 9.62. The van der Waals surface area contributed by atoms with Gasteiger partial charge in [-0.2, -0.15) is 0 Å². The van der Waals surface area contributed by atoms with Gasteiger partial charge in [-0.3, -0.25) is 4.79 Å². The molecule has 4 aromatic rings. The van der Waals surface area contributed by atoms with Gasteiger partial charge in [-0.15, -0.1) is 0 Å². The number of H-pyrrole nitrogens is 1. The Morgan fingerprint density at radius 1 is 0.974 bits per heavy atom. The van der Waals surface area contributed by atoms with Gasteiger partial charge in [0.2, 0.25) is 5.91 Å². The number of aromatic nitrogens is 1. The molecular formula is C31H35FN4O3. The Morgan fingerprint density at radius 2 is 1.77 bits per heavy atom. The zero-order valence-electron chi connectivity index (χ0n) is 22.5. The number of anilines is 1. The van der Waals surface area contributed by atoms with Gasteiger partial charge in [-0.25, -0.2) is 9.18 Å². The van der Waals surface area contributed by atoms with E-state index in [2.05, 4.69) is 16.4 Å². The molecule has 0 fully saturated rings. The quantitative estimate of drug-likeness (QED) is 0.229. The number of amides is 3. The average molecular weight is 531 g/mol. The molecule has 1 heterocycles. The van der Waals surface area contributed by atoms with E-state index >= 15 is 0 Å². The summed E-state index contributed by atoms with van der Waals surface area (Å²) in [5.41, 5.74) is 4.67. The van der Waals surface area contributed by atoms with Gasteiger partial charge in [-0.1, -0.05) is 42.5 Å². The Labute approximate surface area is 228 Å². The summed E-state index contributed by atoms with van der Waals surface area (Å²) in [7, 11) is 1.61. The number of benzene rings is 3. The van der Waals surface area contributed by atoms with Crippen molar-refractivity contribution < 1.29 is 18.7 Å². The number of hydrogen-bond donors (Lipinski definition) is 2. The van der Waals surface area contributed by atoms with Crippen LogP contribution in [0.25, 0.3) is 10.9 Å². The zero-order valence-corrected chi connectivity index (χ0v) is 22.5. The van der Waals surface area contributed by atoms with Crippen LogP contribution in [0.15, 0.2) is 79.0 Å². The molecule has 0 atom stereocenters. The number of carbonyl (C=O) groups is 2. The summed E-state index contributed by atoms with van der Waals surface area (Å²) < 4.78 is 18.7. The van der Waals surface area contributed by atoms with E-state index in [1.165, 1.54) is 17.0 Å². The summed E-state index contributed by atoms with van der Waals surface area (Å²) in [4.78, 5) is 33.4. The molecule has 3 aromatic carbocycles. The molecule has 0 saturated carbocycles. The van der Waals surface area contributed by atoms with Crippen LogP contribution < -0.4 is 5.32 Å². The number of aryl methyl sites for hydroxylation is 1. The number of ether oxygens (including phenoxy) is 1. The van der Waals surface area contributed by atoms with E-state index in [0.717, 1.165) is 27.6 Å². The smallest absolute Gasteiger partial charge is 0.322 e. The topological polar surface area (TPSA) is 77.7 Å². The van der Waals surface area contributed by atoms with E-state index in [4.69, 9.17) is 4.74 Å². The number of carbonyl (C=O) groups excluding carboxylic acids is 2. The molecule has 0 radical (unpaired) electrons. The van der Waals surface area contributed by atoms with Crippen molar-refractivity contribution in [1.82, 2.24) is 14.8 Å². The number of nitrogens with one attached hydrogen (secondary N) is 2. The minimum atomic E-state index is -0.344. The van der Waals surface area contributed by atoms with Gasteiger partial charge >= 0.3 is 6.03 Å². The Morgan fingerprint density at radius 3 is 2.54 bits per heavy atom. The molecular weight excluding hydrogens is 495 g/mol. The second-order valence-corrected chi connectivity index (χ2v) is 9.62. The normalized spacial score (nSPS) is 10.9. The monoisotopic (exact) mass is 530 g/mol. The maximum absolute atomic E-state index is 13.7. The van der Waals surface area contributed by atoms with Crippen LogP contribution in [0.4, 0.5) is 14.9 Å². The van der Waals surface area contributed by atoms with E-state index in [-0.39, 0.29) is 24.3 Å². The number of rotatable bonds is 12. The predicted octanol–water partition coefficient (Wildman–Crippen LogP) is 5.76. The minimum absolute atomic E-state index is 0.0869. The van der Waals surface area contributed by atoms with Crippen LogP contribution in [-0.2, 0) is 22.5 Å². The predicted molar refractivity (Wildman–Crippen MR) is 152 cm³/mol. The first kappa shape index (κ1) is 27.9. The molecule has 0 spiro atoms. The zero-order chi connectivity index (χ0) is 27.6. The first-order valence-corrected chi connectivity index (χ1v) is 13.1. The van der Waals surface area contributed by atoms with Gasteiger partial charge in [0.1, 0.15) is 12.4 Å². The number of halogens is 1. The Balaban J connectivity index is 1.51. The fraction of sp³-hybridized carbons (Fsp3) is 0.290. The molecule has 8 heteroatoms. The van der Waals surface area contributed by atoms with Crippen LogP contribution in [0.3, 0.4) is 0 Å².